The number of halogens is 1. The molecule has 2 atom stereocenters. The van der Waals surface area contributed by atoms with E-state index in [2.05, 4.69) is 11.0 Å². The highest BCUT2D eigenvalue weighted by molar-refractivity contribution is 5.87. The summed E-state index contributed by atoms with van der Waals surface area (Å²) in [5.74, 6) is -1.29. The van der Waals surface area contributed by atoms with Crippen LogP contribution in [0, 0.1) is 5.92 Å². The molecule has 0 unspecified atom stereocenters. The Balaban J connectivity index is 0. The van der Waals surface area contributed by atoms with Crippen molar-refractivity contribution in [3.05, 3.63) is 0 Å². The normalized spacial score (nSPS) is 13.3. The van der Waals surface area contributed by atoms with Gasteiger partial charge in [0.15, 0.2) is 0 Å². The number of hydrogen-bond acceptors (Lipinski definition) is 6. The van der Waals surface area contributed by atoms with Crippen LogP contribution in [0.3, 0.4) is 0 Å². The van der Waals surface area contributed by atoms with E-state index < -0.39 is 29.9 Å². The van der Waals surface area contributed by atoms with Gasteiger partial charge in [0.05, 0.1) is 19.3 Å². The number of carbonyl (C=O) groups is 3. The molecule has 0 rings (SSSR count). The van der Waals surface area contributed by atoms with Crippen LogP contribution in [0.2, 0.25) is 1.41 Å². The van der Waals surface area contributed by atoms with Gasteiger partial charge >= 0.3 is 11.9 Å². The van der Waals surface area contributed by atoms with E-state index in [-0.39, 0.29) is 44.4 Å². The van der Waals surface area contributed by atoms with Gasteiger partial charge in [-0.1, -0.05) is 13.8 Å². The minimum absolute atomic E-state index is 0. The Morgan fingerprint density at radius 3 is 2.26 bits per heavy atom. The van der Waals surface area contributed by atoms with E-state index in [0.29, 0.717) is 6.42 Å². The molecule has 8 heteroatoms. The van der Waals surface area contributed by atoms with Crippen molar-refractivity contribution in [1.82, 2.24) is 5.32 Å². The third-order valence-electron chi connectivity index (χ3n) is 2.85. The quantitative estimate of drug-likeness (QED) is 0.540. The smallest absolute Gasteiger partial charge is 0.328 e. The fraction of sp³-hybridized carbons (Fsp3) is 0.800. The number of rotatable bonds is 11. The Kier molecular flexibility index (Phi) is 12.4. The third-order valence-corrected chi connectivity index (χ3v) is 2.85. The predicted octanol–water partition coefficient (Wildman–Crippen LogP) is 1.17. The molecule has 0 aromatic heterocycles. The lowest BCUT2D eigenvalue weighted by Crippen LogP contribution is -2.49. The van der Waals surface area contributed by atoms with Crippen molar-refractivity contribution in [2.75, 3.05) is 13.2 Å². The first kappa shape index (κ1) is 21.7. The second-order valence-electron chi connectivity index (χ2n) is 5.34. The minimum Gasteiger partial charge on any atom is -0.466 e. The van der Waals surface area contributed by atoms with Gasteiger partial charge in [-0.15, -0.1) is 12.4 Å². The van der Waals surface area contributed by atoms with Gasteiger partial charge in [0.1, 0.15) is 7.45 Å². The summed E-state index contributed by atoms with van der Waals surface area (Å²) in [6, 6.07) is -1.66. The van der Waals surface area contributed by atoms with Crippen molar-refractivity contribution in [1.29, 1.82) is 0 Å². The maximum Gasteiger partial charge on any atom is 0.328 e. The van der Waals surface area contributed by atoms with E-state index in [9.17, 15) is 14.4 Å². The molecule has 0 bridgehead atoms. The zero-order valence-corrected chi connectivity index (χ0v) is 15.0. The Morgan fingerprint density at radius 2 is 1.78 bits per heavy atom. The van der Waals surface area contributed by atoms with Crippen molar-refractivity contribution >= 4 is 30.3 Å². The summed E-state index contributed by atoms with van der Waals surface area (Å²) in [4.78, 5) is 35.5. The molecule has 0 aliphatic carbocycles. The van der Waals surface area contributed by atoms with Crippen LogP contribution in [-0.2, 0) is 23.9 Å². The number of nitrogens with one attached hydrogen (secondary N) is 1. The monoisotopic (exact) mass is 353 g/mol. The van der Waals surface area contributed by atoms with E-state index in [1.54, 1.807) is 13.8 Å². The Morgan fingerprint density at radius 1 is 1.17 bits per heavy atom. The highest BCUT2D eigenvalue weighted by Gasteiger charge is 2.26. The molecule has 0 heterocycles. The zero-order chi connectivity index (χ0) is 17.8. The second kappa shape index (κ2) is 13.1. The number of nitrogens with two attached hydrogens (primary N) is 1. The summed E-state index contributed by atoms with van der Waals surface area (Å²) in [6.07, 6.45) is 0.555. The van der Waals surface area contributed by atoms with E-state index in [1.165, 1.54) is 0 Å². The summed E-state index contributed by atoms with van der Waals surface area (Å²) in [7, 11) is 0. The summed E-state index contributed by atoms with van der Waals surface area (Å²) in [5.41, 5.74) is 2.19. The maximum absolute atomic E-state index is 12.2. The molecule has 0 aliphatic rings. The van der Waals surface area contributed by atoms with E-state index in [0.717, 1.165) is 0 Å². The molecule has 136 valence electrons. The molecular weight excluding hydrogens is 324 g/mol. The summed E-state index contributed by atoms with van der Waals surface area (Å²) >= 11 is 0. The Hall–Kier alpha value is -1.34. The van der Waals surface area contributed by atoms with Gasteiger partial charge in [-0.2, -0.15) is 0 Å². The summed E-state index contributed by atoms with van der Waals surface area (Å²) in [5, 5.41) is 2.55. The molecule has 0 fully saturated rings. The largest absolute Gasteiger partial charge is 0.466 e. The molecule has 0 aromatic carbocycles. The lowest BCUT2D eigenvalue weighted by Gasteiger charge is -2.20. The first-order chi connectivity index (χ1) is 10.8. The van der Waals surface area contributed by atoms with Crippen LogP contribution in [0.4, 0.5) is 0 Å². The van der Waals surface area contributed by atoms with Crippen LogP contribution >= 0.6 is 12.4 Å². The average molecular weight is 354 g/mol. The Labute approximate surface area is 145 Å². The predicted molar refractivity (Wildman–Crippen MR) is 89.1 cm³/mol. The second-order valence-corrected chi connectivity index (χ2v) is 5.34. The van der Waals surface area contributed by atoms with E-state index in [1.807, 2.05) is 13.8 Å². The van der Waals surface area contributed by atoms with Crippen LogP contribution in [0.1, 0.15) is 47.0 Å². The molecule has 0 spiro atoms. The van der Waals surface area contributed by atoms with Gasteiger partial charge in [0.2, 0.25) is 5.91 Å². The molecule has 1 amide bonds. The molecular formula is C15H29ClN2O5. The molecule has 3 N–H and O–H groups in total. The molecule has 0 aromatic rings. The molecule has 0 aliphatic heterocycles. The van der Waals surface area contributed by atoms with Crippen molar-refractivity contribution in [3.8, 4) is 0 Å². The summed E-state index contributed by atoms with van der Waals surface area (Å²) in [6.45, 7) is 7.65. The molecule has 7 nitrogen and oxygen atoms in total. The van der Waals surface area contributed by atoms with Gasteiger partial charge in [0, 0.05) is 6.42 Å². The highest BCUT2D eigenvalue weighted by Crippen LogP contribution is 2.06. The van der Waals surface area contributed by atoms with Gasteiger partial charge in [-0.25, -0.2) is 4.79 Å². The van der Waals surface area contributed by atoms with Crippen LogP contribution in [0.15, 0.2) is 0 Å². The number of hydrogen-bond donors (Lipinski definition) is 2. The van der Waals surface area contributed by atoms with Crippen molar-refractivity contribution in [2.45, 2.75) is 59.0 Å². The molecule has 23 heavy (non-hydrogen) atoms. The SMILES string of the molecule is Cl.[2H]N[C@@H](CC(C)C)C(=O)N[C@@H](CCC(=O)OCC)C(=O)OCC. The maximum atomic E-state index is 12.2. The fourth-order valence-corrected chi connectivity index (χ4v) is 1.84. The zero-order valence-electron chi connectivity index (χ0n) is 15.2. The first-order valence-electron chi connectivity index (χ1n) is 8.15. The van der Waals surface area contributed by atoms with Gasteiger partial charge in [-0.05, 0) is 32.6 Å². The topological polar surface area (TPSA) is 108 Å². The van der Waals surface area contributed by atoms with Crippen molar-refractivity contribution in [3.63, 3.8) is 0 Å². The lowest BCUT2D eigenvalue weighted by atomic mass is 10.0. The fourth-order valence-electron chi connectivity index (χ4n) is 1.84. The van der Waals surface area contributed by atoms with Crippen LogP contribution in [0.25, 0.3) is 0 Å². The van der Waals surface area contributed by atoms with Crippen molar-refractivity contribution in [2.24, 2.45) is 11.6 Å². The number of carbonyl (C=O) groups excluding carboxylic acids is 3. The van der Waals surface area contributed by atoms with Gasteiger partial charge in [-0.3, -0.25) is 9.59 Å². The molecule has 0 radical (unpaired) electrons. The minimum atomic E-state index is -0.935. The van der Waals surface area contributed by atoms with E-state index in [4.69, 9.17) is 10.9 Å². The molecule has 0 saturated heterocycles. The van der Waals surface area contributed by atoms with Crippen LogP contribution < -0.4 is 11.0 Å². The number of esters is 2. The standard InChI is InChI=1S/C15H28N2O5.ClH/c1-5-21-13(18)8-7-12(15(20)22-6-2)17-14(19)11(16)9-10(3)4;/h10-12H,5-9,16H2,1-4H3,(H,17,19);1H/t11-,12-;/m0./s1/i/hD. The average Bonchev–Trinajstić information content (AvgIpc) is 2.48. The van der Waals surface area contributed by atoms with Gasteiger partial charge in [0.25, 0.3) is 0 Å². The van der Waals surface area contributed by atoms with Crippen molar-refractivity contribution < 1.29 is 25.3 Å². The number of ether oxygens (including phenoxy) is 2. The highest BCUT2D eigenvalue weighted by atomic mass is 35.5. The van der Waals surface area contributed by atoms with Crippen LogP contribution in [-0.4, -0.2) is 43.1 Å². The Bertz CT molecular complexity index is 396. The summed E-state index contributed by atoms with van der Waals surface area (Å²) < 4.78 is 17.0. The van der Waals surface area contributed by atoms with Gasteiger partial charge < -0.3 is 20.5 Å². The van der Waals surface area contributed by atoms with E-state index >= 15 is 0 Å². The number of amides is 1. The lowest BCUT2D eigenvalue weighted by molar-refractivity contribution is -0.149. The van der Waals surface area contributed by atoms with Crippen LogP contribution in [0.5, 0.6) is 0 Å². The first-order valence-corrected chi connectivity index (χ1v) is 7.65. The third kappa shape index (κ3) is 10.9. The molecule has 0 saturated carbocycles.